The van der Waals surface area contributed by atoms with Crippen LogP contribution in [0.15, 0.2) is 54.9 Å². The van der Waals surface area contributed by atoms with E-state index in [2.05, 4.69) is 4.98 Å². The second-order valence-corrected chi connectivity index (χ2v) is 6.53. The highest BCUT2D eigenvalue weighted by Gasteiger charge is 2.37. The van der Waals surface area contributed by atoms with E-state index in [1.807, 2.05) is 29.2 Å². The summed E-state index contributed by atoms with van der Waals surface area (Å²) >= 11 is 0. The highest BCUT2D eigenvalue weighted by atomic mass is 16.5. The number of Topliss-reactive ketones (excluding diaryl/α,β-unsaturated/α-hetero) is 1. The highest BCUT2D eigenvalue weighted by molar-refractivity contribution is 6.44. The molecule has 3 heterocycles. The van der Waals surface area contributed by atoms with Crippen LogP contribution in [-0.4, -0.2) is 54.0 Å². The lowest BCUT2D eigenvalue weighted by Crippen LogP contribution is -2.51. The van der Waals surface area contributed by atoms with E-state index in [0.29, 0.717) is 50.0 Å². The van der Waals surface area contributed by atoms with E-state index in [4.69, 9.17) is 14.2 Å². The van der Waals surface area contributed by atoms with E-state index in [1.54, 1.807) is 24.5 Å². The zero-order chi connectivity index (χ0) is 19.3. The molecule has 0 N–H and O–H groups in total. The smallest absolute Gasteiger partial charge is 0.258 e. The van der Waals surface area contributed by atoms with Gasteiger partial charge in [0.05, 0.1) is 13.2 Å². The Morgan fingerprint density at radius 3 is 2.61 bits per heavy atom. The summed E-state index contributed by atoms with van der Waals surface area (Å²) in [7, 11) is 0. The number of hydrogen-bond acceptors (Lipinski definition) is 7. The maximum absolute atomic E-state index is 12.2. The van der Waals surface area contributed by atoms with Crippen LogP contribution < -0.4 is 4.74 Å². The highest BCUT2D eigenvalue weighted by Crippen LogP contribution is 2.26. The predicted octanol–water partition coefficient (Wildman–Crippen LogP) is 1.83. The number of nitrogens with zero attached hydrogens (tertiary/aromatic N) is 2. The summed E-state index contributed by atoms with van der Waals surface area (Å²) in [5.74, 6) is -0.00670. The molecule has 1 saturated heterocycles. The van der Waals surface area contributed by atoms with E-state index >= 15 is 0 Å². The first-order valence-corrected chi connectivity index (χ1v) is 9.11. The van der Waals surface area contributed by atoms with Gasteiger partial charge in [-0.05, 0) is 30.3 Å². The van der Waals surface area contributed by atoms with Crippen LogP contribution in [0.3, 0.4) is 0 Å². The fraction of sp³-hybridized carbons (Fsp3) is 0.286. The summed E-state index contributed by atoms with van der Waals surface area (Å²) in [6, 6.07) is 11.0. The van der Waals surface area contributed by atoms with Crippen molar-refractivity contribution in [1.82, 2.24) is 9.88 Å². The number of pyridine rings is 1. The number of ketones is 2. The van der Waals surface area contributed by atoms with Gasteiger partial charge in [-0.3, -0.25) is 19.5 Å². The van der Waals surface area contributed by atoms with Crippen molar-refractivity contribution in [2.75, 3.05) is 26.3 Å². The number of carbonyl (C=O) groups excluding carboxylic acids is 2. The average molecular weight is 380 g/mol. The molecular weight excluding hydrogens is 360 g/mol. The molecule has 0 bridgehead atoms. The maximum Gasteiger partial charge on any atom is 0.258 e. The van der Waals surface area contributed by atoms with E-state index < -0.39 is 17.8 Å². The zero-order valence-corrected chi connectivity index (χ0v) is 15.2. The Bertz CT molecular complexity index is 873. The third kappa shape index (κ3) is 4.11. The lowest BCUT2D eigenvalue weighted by molar-refractivity contribution is -0.150. The molecule has 1 aromatic heterocycles. The number of allylic oxidation sites excluding steroid dienone is 1. The van der Waals surface area contributed by atoms with Crippen LogP contribution in [-0.2, 0) is 25.7 Å². The van der Waals surface area contributed by atoms with Crippen LogP contribution in [0, 0.1) is 0 Å². The summed E-state index contributed by atoms with van der Waals surface area (Å²) < 4.78 is 16.9. The Hall–Kier alpha value is -3.03. The lowest BCUT2D eigenvalue weighted by Gasteiger charge is -2.35. The average Bonchev–Trinajstić information content (AvgIpc) is 2.76. The van der Waals surface area contributed by atoms with Crippen LogP contribution in [0.5, 0.6) is 5.75 Å². The van der Waals surface area contributed by atoms with E-state index in [-0.39, 0.29) is 0 Å². The van der Waals surface area contributed by atoms with Crippen molar-refractivity contribution in [3.8, 4) is 5.75 Å². The molecule has 2 aliphatic heterocycles. The number of carbonyl (C=O) groups is 2. The van der Waals surface area contributed by atoms with E-state index in [9.17, 15) is 9.59 Å². The number of aromatic nitrogens is 1. The van der Waals surface area contributed by atoms with Crippen molar-refractivity contribution in [3.63, 3.8) is 0 Å². The van der Waals surface area contributed by atoms with E-state index in [1.165, 1.54) is 6.08 Å². The third-order valence-corrected chi connectivity index (χ3v) is 4.61. The second-order valence-electron chi connectivity index (χ2n) is 6.53. The Morgan fingerprint density at radius 1 is 1.11 bits per heavy atom. The number of ether oxygens (including phenoxy) is 3. The molecule has 2 aliphatic rings. The van der Waals surface area contributed by atoms with Crippen LogP contribution in [0.25, 0.3) is 5.76 Å². The largest absolute Gasteiger partial charge is 0.489 e. The molecule has 1 atom stereocenters. The minimum Gasteiger partial charge on any atom is -0.489 e. The second kappa shape index (κ2) is 8.33. The summed E-state index contributed by atoms with van der Waals surface area (Å²) in [5.41, 5.74) is 1.69. The molecule has 28 heavy (non-hydrogen) atoms. The first-order chi connectivity index (χ1) is 13.7. The quantitative estimate of drug-likeness (QED) is 0.732. The Kier molecular flexibility index (Phi) is 5.45. The van der Waals surface area contributed by atoms with Gasteiger partial charge < -0.3 is 14.2 Å². The van der Waals surface area contributed by atoms with Crippen LogP contribution in [0.2, 0.25) is 0 Å². The summed E-state index contributed by atoms with van der Waals surface area (Å²) in [4.78, 5) is 30.3. The standard InChI is InChI=1S/C21H20N2O5/c24-18-12-19(28-21(20(18)25)23-8-10-26-11-9-23)16-3-5-17(6-4-16)27-14-15-2-1-7-22-13-15/h1-7,12-13,21H,8-11,14H2. The van der Waals surface area contributed by atoms with Crippen molar-refractivity contribution in [3.05, 3.63) is 66.0 Å². The van der Waals surface area contributed by atoms with Gasteiger partial charge in [0.2, 0.25) is 12.0 Å². The summed E-state index contributed by atoms with van der Waals surface area (Å²) in [6.45, 7) is 2.56. The molecule has 1 fully saturated rings. The summed E-state index contributed by atoms with van der Waals surface area (Å²) in [6.07, 6.45) is 3.83. The number of morpholine rings is 1. The van der Waals surface area contributed by atoms with Gasteiger partial charge in [-0.2, -0.15) is 0 Å². The first-order valence-electron chi connectivity index (χ1n) is 9.11. The molecule has 0 amide bonds. The SMILES string of the molecule is O=C1C=C(c2ccc(OCc3cccnc3)cc2)OC(N2CCOCC2)C1=O. The van der Waals surface area contributed by atoms with Crippen LogP contribution in [0.1, 0.15) is 11.1 Å². The Morgan fingerprint density at radius 2 is 1.89 bits per heavy atom. The van der Waals surface area contributed by atoms with Crippen molar-refractivity contribution < 1.29 is 23.8 Å². The molecule has 0 aliphatic carbocycles. The monoisotopic (exact) mass is 380 g/mol. The fourth-order valence-corrected chi connectivity index (χ4v) is 3.09. The van der Waals surface area contributed by atoms with Gasteiger partial charge in [0.25, 0.3) is 5.78 Å². The Labute approximate surface area is 162 Å². The lowest BCUT2D eigenvalue weighted by atomic mass is 10.1. The first kappa shape index (κ1) is 18.3. The predicted molar refractivity (Wildman–Crippen MR) is 100 cm³/mol. The van der Waals surface area contributed by atoms with Gasteiger partial charge in [-0.1, -0.05) is 6.07 Å². The molecule has 1 unspecified atom stereocenters. The van der Waals surface area contributed by atoms with Gasteiger partial charge >= 0.3 is 0 Å². The maximum atomic E-state index is 12.2. The molecule has 2 aromatic rings. The van der Waals surface area contributed by atoms with Crippen molar-refractivity contribution in [2.24, 2.45) is 0 Å². The van der Waals surface area contributed by atoms with Crippen LogP contribution >= 0.6 is 0 Å². The molecular formula is C21H20N2O5. The van der Waals surface area contributed by atoms with Gasteiger partial charge in [0.15, 0.2) is 0 Å². The molecule has 144 valence electrons. The van der Waals surface area contributed by atoms with Gasteiger partial charge in [0.1, 0.15) is 18.1 Å². The normalized spacial score (nSPS) is 20.4. The molecule has 0 spiro atoms. The van der Waals surface area contributed by atoms with Gasteiger partial charge in [-0.25, -0.2) is 0 Å². The number of rotatable bonds is 5. The third-order valence-electron chi connectivity index (χ3n) is 4.61. The molecule has 0 radical (unpaired) electrons. The Balaban J connectivity index is 1.44. The topological polar surface area (TPSA) is 78.0 Å². The minimum atomic E-state index is -0.891. The summed E-state index contributed by atoms with van der Waals surface area (Å²) in [5, 5.41) is 0. The molecule has 7 nitrogen and oxygen atoms in total. The van der Waals surface area contributed by atoms with Gasteiger partial charge in [-0.15, -0.1) is 0 Å². The number of benzene rings is 1. The van der Waals surface area contributed by atoms with Crippen LogP contribution in [0.4, 0.5) is 0 Å². The molecule has 7 heteroatoms. The van der Waals surface area contributed by atoms with Crippen molar-refractivity contribution in [1.29, 1.82) is 0 Å². The molecule has 4 rings (SSSR count). The fourth-order valence-electron chi connectivity index (χ4n) is 3.09. The minimum absolute atomic E-state index is 0.389. The molecule has 1 aromatic carbocycles. The zero-order valence-electron chi connectivity index (χ0n) is 15.2. The molecule has 0 saturated carbocycles. The van der Waals surface area contributed by atoms with Crippen molar-refractivity contribution in [2.45, 2.75) is 12.8 Å². The van der Waals surface area contributed by atoms with Crippen molar-refractivity contribution >= 4 is 17.3 Å². The van der Waals surface area contributed by atoms with Gasteiger partial charge in [0, 0.05) is 42.7 Å². The van der Waals surface area contributed by atoms with E-state index in [0.717, 1.165) is 5.56 Å². The number of hydrogen-bond donors (Lipinski definition) is 0.